The first-order valence-electron chi connectivity index (χ1n) is 1.11. The van der Waals surface area contributed by atoms with Gasteiger partial charge in [0.1, 0.15) is 0 Å². The Morgan fingerprint density at radius 3 is 2.00 bits per heavy atom. The van der Waals surface area contributed by atoms with E-state index in [0.717, 1.165) is 0 Å². The third-order valence-electron chi connectivity index (χ3n) is 0.201. The van der Waals surface area contributed by atoms with E-state index in [2.05, 4.69) is 10.5 Å². The number of carbonyl (C=O) groups excluding carboxylic acids is 1. The number of rotatable bonds is 0. The summed E-state index contributed by atoms with van der Waals surface area (Å²) < 4.78 is 3.89. The minimum absolute atomic E-state index is 0. The number of nitrogens with two attached hydrogens (primary N) is 1. The average Bonchev–Trinajstić information content (AvgIpc) is 1.38. The minimum atomic E-state index is -0.745. The summed E-state index contributed by atoms with van der Waals surface area (Å²) in [5.74, 6) is 0. The maximum absolute atomic E-state index is 9.37. The molecule has 2 N–H and O–H groups in total. The maximum Gasteiger partial charge on any atom is 0.404 e. The Balaban J connectivity index is 0. The predicted octanol–water partition coefficient (Wildman–Crippen LogP) is -0.230. The molecule has 0 heterocycles. The molecule has 0 bridgehead atoms. The number of ether oxygens (including phenoxy) is 1. The summed E-state index contributed by atoms with van der Waals surface area (Å²) in [6.45, 7) is 0. The Morgan fingerprint density at radius 1 is 1.83 bits per heavy atom. The molecule has 38 valence electrons. The quantitative estimate of drug-likeness (QED) is 0.437. The van der Waals surface area contributed by atoms with Gasteiger partial charge in [-0.3, -0.25) is 0 Å². The van der Waals surface area contributed by atoms with Gasteiger partial charge in [0, 0.05) is 0 Å². The number of amides is 1. The molecule has 1 atom stereocenters. The summed E-state index contributed by atoms with van der Waals surface area (Å²) in [6.07, 6.45) is -0.745. The lowest BCUT2D eigenvalue weighted by Gasteiger charge is -1.81. The molecule has 0 aliphatic heterocycles. The van der Waals surface area contributed by atoms with Crippen molar-refractivity contribution in [1.82, 2.24) is 0 Å². The van der Waals surface area contributed by atoms with Gasteiger partial charge in [0.25, 0.3) is 0 Å². The molecule has 0 radical (unpaired) electrons. The molecule has 0 aromatic heterocycles. The highest BCUT2D eigenvalue weighted by Crippen LogP contribution is 1.55. The fourth-order valence-electron chi connectivity index (χ4n) is 0. The second kappa shape index (κ2) is 4.70. The van der Waals surface area contributed by atoms with Crippen LogP contribution in [0.3, 0.4) is 0 Å². The largest absolute Gasteiger partial charge is 0.453 e. The Hall–Kier alpha value is -0.300. The fourth-order valence-corrected chi connectivity index (χ4v) is 0. The van der Waals surface area contributed by atoms with Crippen LogP contribution < -0.4 is 5.73 Å². The Labute approximate surface area is 39.5 Å². The molecule has 0 aromatic rings. The number of methoxy groups -OCH3 is 1. The molecule has 0 spiro atoms. The van der Waals surface area contributed by atoms with Crippen LogP contribution in [-0.4, -0.2) is 13.2 Å². The van der Waals surface area contributed by atoms with Gasteiger partial charge in [-0.15, -0.1) is 0 Å². The zero-order chi connectivity index (χ0) is 4.28. The lowest BCUT2D eigenvalue weighted by Crippen LogP contribution is -2.08. The zero-order valence-electron chi connectivity index (χ0n) is 3.60. The van der Waals surface area contributed by atoms with Crippen molar-refractivity contribution >= 4 is 16.0 Å². The van der Waals surface area contributed by atoms with E-state index < -0.39 is 6.09 Å². The van der Waals surface area contributed by atoms with Crippen molar-refractivity contribution in [2.45, 2.75) is 0 Å². The highest BCUT2D eigenvalue weighted by atomic mass is 31.0. The van der Waals surface area contributed by atoms with Gasteiger partial charge in [-0.25, -0.2) is 4.79 Å². The van der Waals surface area contributed by atoms with Gasteiger partial charge in [0.2, 0.25) is 0 Å². The summed E-state index contributed by atoms with van der Waals surface area (Å²) in [5.41, 5.74) is 4.43. The standard InChI is InChI=1S/C2H5NO2.H3P/c1-5-2(3)4;/h1H3,(H2,3,4);1H3. The van der Waals surface area contributed by atoms with Crippen molar-refractivity contribution < 1.29 is 9.53 Å². The minimum Gasteiger partial charge on any atom is -0.453 e. The average molecular weight is 109 g/mol. The van der Waals surface area contributed by atoms with Crippen molar-refractivity contribution in [3.05, 3.63) is 0 Å². The first-order chi connectivity index (χ1) is 2.27. The second-order valence-corrected chi connectivity index (χ2v) is 0.523. The van der Waals surface area contributed by atoms with E-state index in [1.807, 2.05) is 0 Å². The molecule has 0 fully saturated rings. The smallest absolute Gasteiger partial charge is 0.404 e. The summed E-state index contributed by atoms with van der Waals surface area (Å²) in [6, 6.07) is 0. The number of hydrogen-bond donors (Lipinski definition) is 1. The molecule has 0 aromatic carbocycles. The van der Waals surface area contributed by atoms with Gasteiger partial charge >= 0.3 is 6.09 Å². The van der Waals surface area contributed by atoms with Crippen LogP contribution in [0.2, 0.25) is 0 Å². The monoisotopic (exact) mass is 109 g/mol. The normalized spacial score (nSPS) is 5.50. The van der Waals surface area contributed by atoms with Crippen LogP contribution in [0.1, 0.15) is 0 Å². The van der Waals surface area contributed by atoms with Gasteiger partial charge < -0.3 is 10.5 Å². The van der Waals surface area contributed by atoms with E-state index in [9.17, 15) is 4.79 Å². The topological polar surface area (TPSA) is 52.3 Å². The van der Waals surface area contributed by atoms with Gasteiger partial charge in [-0.05, 0) is 0 Å². The van der Waals surface area contributed by atoms with Crippen LogP contribution in [-0.2, 0) is 4.74 Å². The lowest BCUT2D eigenvalue weighted by atomic mass is 11.3. The Morgan fingerprint density at radius 2 is 2.00 bits per heavy atom. The molecule has 0 saturated carbocycles. The lowest BCUT2D eigenvalue weighted by molar-refractivity contribution is 0.182. The molecule has 1 amide bonds. The summed E-state index contributed by atoms with van der Waals surface area (Å²) in [4.78, 5) is 9.37. The highest BCUT2D eigenvalue weighted by Gasteiger charge is 1.76. The molecule has 0 aliphatic rings. The van der Waals surface area contributed by atoms with E-state index >= 15 is 0 Å². The van der Waals surface area contributed by atoms with E-state index in [4.69, 9.17) is 0 Å². The highest BCUT2D eigenvalue weighted by molar-refractivity contribution is 6.92. The summed E-state index contributed by atoms with van der Waals surface area (Å²) in [7, 11) is 1.22. The molecule has 3 nitrogen and oxygen atoms in total. The zero-order valence-corrected chi connectivity index (χ0v) is 5.02. The third kappa shape index (κ3) is 9.33. The van der Waals surface area contributed by atoms with Gasteiger partial charge in [-0.1, -0.05) is 0 Å². The molecule has 0 saturated heterocycles. The van der Waals surface area contributed by atoms with Gasteiger partial charge in [0.05, 0.1) is 7.11 Å². The third-order valence-corrected chi connectivity index (χ3v) is 0.201. The van der Waals surface area contributed by atoms with Crippen molar-refractivity contribution in [3.8, 4) is 0 Å². The number of hydrogen-bond acceptors (Lipinski definition) is 2. The first-order valence-corrected chi connectivity index (χ1v) is 1.11. The summed E-state index contributed by atoms with van der Waals surface area (Å²) in [5, 5.41) is 0. The first kappa shape index (κ1) is 9.20. The number of carbonyl (C=O) groups is 1. The molecule has 1 unspecified atom stereocenters. The van der Waals surface area contributed by atoms with Crippen LogP contribution >= 0.6 is 9.90 Å². The molecular formula is C2H8NO2P. The second-order valence-electron chi connectivity index (χ2n) is 0.523. The van der Waals surface area contributed by atoms with Gasteiger partial charge in [0.15, 0.2) is 0 Å². The SMILES string of the molecule is COC(N)=O.P. The molecule has 6 heavy (non-hydrogen) atoms. The molecule has 0 aliphatic carbocycles. The van der Waals surface area contributed by atoms with Crippen molar-refractivity contribution in [2.75, 3.05) is 7.11 Å². The molecule has 0 rings (SSSR count). The molecular weight excluding hydrogens is 101 g/mol. The van der Waals surface area contributed by atoms with Crippen LogP contribution in [0.15, 0.2) is 0 Å². The van der Waals surface area contributed by atoms with Crippen molar-refractivity contribution in [1.29, 1.82) is 0 Å². The van der Waals surface area contributed by atoms with Crippen LogP contribution in [0.5, 0.6) is 0 Å². The molecule has 4 heteroatoms. The van der Waals surface area contributed by atoms with Crippen LogP contribution in [0, 0.1) is 0 Å². The number of primary amides is 1. The maximum atomic E-state index is 9.37. The van der Waals surface area contributed by atoms with E-state index in [1.54, 1.807) is 0 Å². The van der Waals surface area contributed by atoms with Crippen molar-refractivity contribution in [3.63, 3.8) is 0 Å². The van der Waals surface area contributed by atoms with Gasteiger partial charge in [-0.2, -0.15) is 9.90 Å². The van der Waals surface area contributed by atoms with E-state index in [1.165, 1.54) is 7.11 Å². The Kier molecular flexibility index (Phi) is 7.20. The van der Waals surface area contributed by atoms with E-state index in [-0.39, 0.29) is 9.90 Å². The van der Waals surface area contributed by atoms with Crippen molar-refractivity contribution in [2.24, 2.45) is 5.73 Å². The fraction of sp³-hybridized carbons (Fsp3) is 0.500. The Bertz CT molecular complexity index is 46.8. The predicted molar refractivity (Wildman–Crippen MR) is 27.7 cm³/mol. The summed E-state index contributed by atoms with van der Waals surface area (Å²) >= 11 is 0. The van der Waals surface area contributed by atoms with Crippen LogP contribution in [0.25, 0.3) is 0 Å². The van der Waals surface area contributed by atoms with Crippen LogP contribution in [0.4, 0.5) is 4.79 Å². The van der Waals surface area contributed by atoms with E-state index in [0.29, 0.717) is 0 Å².